The maximum absolute atomic E-state index is 5.71. The summed E-state index contributed by atoms with van der Waals surface area (Å²) in [5.41, 5.74) is 2.40. The molecule has 0 aliphatic heterocycles. The lowest BCUT2D eigenvalue weighted by Crippen LogP contribution is -2.00. The molecule has 0 amide bonds. The molecule has 0 aromatic heterocycles. The van der Waals surface area contributed by atoms with Crippen LogP contribution in [0.25, 0.3) is 0 Å². The summed E-state index contributed by atoms with van der Waals surface area (Å²) in [6, 6.07) is 18.6. The molecule has 20 heavy (non-hydrogen) atoms. The zero-order valence-corrected chi connectivity index (χ0v) is 12.1. The first kappa shape index (κ1) is 14.4. The van der Waals surface area contributed by atoms with E-state index < -0.39 is 0 Å². The second-order valence-corrected chi connectivity index (χ2v) is 4.92. The highest BCUT2D eigenvalue weighted by Gasteiger charge is 1.96. The fourth-order valence-corrected chi connectivity index (χ4v) is 2.01. The summed E-state index contributed by atoms with van der Waals surface area (Å²) in [7, 11) is 0. The molecule has 2 rings (SSSR count). The molecule has 0 unspecified atom stereocenters. The molecular formula is C18H23NO. The summed E-state index contributed by atoms with van der Waals surface area (Å²) in [5.74, 6) is 0.963. The molecule has 2 nitrogen and oxygen atoms in total. The number of ether oxygens (including phenoxy) is 1. The Balaban J connectivity index is 1.76. The number of hydrogen-bond donors (Lipinski definition) is 1. The van der Waals surface area contributed by atoms with Crippen LogP contribution < -0.4 is 10.1 Å². The average Bonchev–Trinajstić information content (AvgIpc) is 2.52. The first-order chi connectivity index (χ1) is 9.88. The number of rotatable bonds is 8. The third kappa shape index (κ3) is 4.96. The van der Waals surface area contributed by atoms with Gasteiger partial charge in [0.25, 0.3) is 0 Å². The SMILES string of the molecule is CCCCCOc1ccc(CNc2ccccc2)cc1. The quantitative estimate of drug-likeness (QED) is 0.690. The molecule has 0 spiro atoms. The lowest BCUT2D eigenvalue weighted by molar-refractivity contribution is 0.306. The smallest absolute Gasteiger partial charge is 0.119 e. The monoisotopic (exact) mass is 269 g/mol. The molecule has 0 bridgehead atoms. The minimum atomic E-state index is 0.815. The maximum atomic E-state index is 5.71. The van der Waals surface area contributed by atoms with E-state index in [0.717, 1.165) is 31.0 Å². The lowest BCUT2D eigenvalue weighted by Gasteiger charge is -2.08. The van der Waals surface area contributed by atoms with Crippen molar-refractivity contribution in [1.82, 2.24) is 0 Å². The summed E-state index contributed by atoms with van der Waals surface area (Å²) in [6.45, 7) is 3.85. The number of para-hydroxylation sites is 1. The Kier molecular flexibility index (Phi) is 5.97. The van der Waals surface area contributed by atoms with Gasteiger partial charge in [-0.25, -0.2) is 0 Å². The predicted octanol–water partition coefficient (Wildman–Crippen LogP) is 4.87. The topological polar surface area (TPSA) is 21.3 Å². The second-order valence-electron chi connectivity index (χ2n) is 4.92. The molecule has 106 valence electrons. The number of unbranched alkanes of at least 4 members (excludes halogenated alkanes) is 2. The van der Waals surface area contributed by atoms with E-state index in [0.29, 0.717) is 0 Å². The first-order valence-corrected chi connectivity index (χ1v) is 7.39. The van der Waals surface area contributed by atoms with Gasteiger partial charge >= 0.3 is 0 Å². The van der Waals surface area contributed by atoms with Gasteiger partial charge < -0.3 is 10.1 Å². The normalized spacial score (nSPS) is 10.2. The van der Waals surface area contributed by atoms with Crippen LogP contribution in [0.2, 0.25) is 0 Å². The highest BCUT2D eigenvalue weighted by molar-refractivity contribution is 5.43. The van der Waals surface area contributed by atoms with Crippen molar-refractivity contribution >= 4 is 5.69 Å². The molecule has 2 heteroatoms. The summed E-state index contributed by atoms with van der Waals surface area (Å²) in [4.78, 5) is 0. The van der Waals surface area contributed by atoms with Gasteiger partial charge in [-0.05, 0) is 36.2 Å². The van der Waals surface area contributed by atoms with Crippen LogP contribution in [0.4, 0.5) is 5.69 Å². The fourth-order valence-electron chi connectivity index (χ4n) is 2.01. The molecule has 0 fully saturated rings. The van der Waals surface area contributed by atoms with Gasteiger partial charge in [0.1, 0.15) is 5.75 Å². The highest BCUT2D eigenvalue weighted by Crippen LogP contribution is 2.14. The summed E-state index contributed by atoms with van der Waals surface area (Å²) < 4.78 is 5.71. The van der Waals surface area contributed by atoms with Gasteiger partial charge in [0, 0.05) is 12.2 Å². The molecule has 0 saturated carbocycles. The van der Waals surface area contributed by atoms with E-state index >= 15 is 0 Å². The van der Waals surface area contributed by atoms with Crippen molar-refractivity contribution in [1.29, 1.82) is 0 Å². The Morgan fingerprint density at radius 2 is 1.65 bits per heavy atom. The number of nitrogens with one attached hydrogen (secondary N) is 1. The third-order valence-corrected chi connectivity index (χ3v) is 3.21. The number of anilines is 1. The van der Waals surface area contributed by atoms with Crippen molar-refractivity contribution in [2.45, 2.75) is 32.7 Å². The Morgan fingerprint density at radius 1 is 0.900 bits per heavy atom. The van der Waals surface area contributed by atoms with Crippen LogP contribution in [-0.4, -0.2) is 6.61 Å². The lowest BCUT2D eigenvalue weighted by atomic mass is 10.2. The molecule has 2 aromatic carbocycles. The molecule has 2 aromatic rings. The minimum absolute atomic E-state index is 0.815. The van der Waals surface area contributed by atoms with Gasteiger partial charge in [0.2, 0.25) is 0 Å². The summed E-state index contributed by atoms with van der Waals surface area (Å²) >= 11 is 0. The van der Waals surface area contributed by atoms with Crippen molar-refractivity contribution in [2.24, 2.45) is 0 Å². The number of hydrogen-bond acceptors (Lipinski definition) is 2. The molecule has 0 aliphatic carbocycles. The third-order valence-electron chi connectivity index (χ3n) is 3.21. The first-order valence-electron chi connectivity index (χ1n) is 7.39. The predicted molar refractivity (Wildman–Crippen MR) is 85.2 cm³/mol. The van der Waals surface area contributed by atoms with Crippen molar-refractivity contribution in [3.63, 3.8) is 0 Å². The van der Waals surface area contributed by atoms with Gasteiger partial charge in [-0.15, -0.1) is 0 Å². The Labute approximate surface area is 121 Å². The van der Waals surface area contributed by atoms with Gasteiger partial charge in [-0.1, -0.05) is 50.1 Å². The maximum Gasteiger partial charge on any atom is 0.119 e. The van der Waals surface area contributed by atoms with Gasteiger partial charge in [-0.3, -0.25) is 0 Å². The van der Waals surface area contributed by atoms with Crippen LogP contribution in [-0.2, 0) is 6.54 Å². The van der Waals surface area contributed by atoms with Crippen LogP contribution >= 0.6 is 0 Å². The molecule has 0 radical (unpaired) electrons. The summed E-state index contributed by atoms with van der Waals surface area (Å²) in [5, 5.41) is 3.40. The average molecular weight is 269 g/mol. The standard InChI is InChI=1S/C18H23NO/c1-2-3-7-14-20-18-12-10-16(11-13-18)15-19-17-8-5-4-6-9-17/h4-6,8-13,19H,2-3,7,14-15H2,1H3. The van der Waals surface area contributed by atoms with E-state index in [1.807, 2.05) is 30.3 Å². The Hall–Kier alpha value is -1.96. The van der Waals surface area contributed by atoms with Crippen LogP contribution in [0.5, 0.6) is 5.75 Å². The minimum Gasteiger partial charge on any atom is -0.494 e. The summed E-state index contributed by atoms with van der Waals surface area (Å²) in [6.07, 6.45) is 3.60. The Morgan fingerprint density at radius 3 is 2.35 bits per heavy atom. The van der Waals surface area contributed by atoms with Gasteiger partial charge in [0.05, 0.1) is 6.61 Å². The van der Waals surface area contributed by atoms with Gasteiger partial charge in [-0.2, -0.15) is 0 Å². The van der Waals surface area contributed by atoms with Gasteiger partial charge in [0.15, 0.2) is 0 Å². The zero-order chi connectivity index (χ0) is 14.0. The van der Waals surface area contributed by atoms with E-state index in [4.69, 9.17) is 4.74 Å². The van der Waals surface area contributed by atoms with Crippen LogP contribution in [0.15, 0.2) is 54.6 Å². The fraction of sp³-hybridized carbons (Fsp3) is 0.333. The zero-order valence-electron chi connectivity index (χ0n) is 12.1. The molecule has 0 atom stereocenters. The highest BCUT2D eigenvalue weighted by atomic mass is 16.5. The number of benzene rings is 2. The van der Waals surface area contributed by atoms with E-state index in [1.165, 1.54) is 18.4 Å². The molecule has 0 saturated heterocycles. The van der Waals surface area contributed by atoms with Crippen molar-refractivity contribution < 1.29 is 4.74 Å². The molecule has 1 N–H and O–H groups in total. The second kappa shape index (κ2) is 8.26. The molecular weight excluding hydrogens is 246 g/mol. The van der Waals surface area contributed by atoms with Crippen LogP contribution in [0.1, 0.15) is 31.7 Å². The van der Waals surface area contributed by atoms with Crippen molar-refractivity contribution in [3.05, 3.63) is 60.2 Å². The van der Waals surface area contributed by atoms with E-state index in [2.05, 4.69) is 36.5 Å². The molecule has 0 aliphatic rings. The van der Waals surface area contributed by atoms with E-state index in [1.54, 1.807) is 0 Å². The molecule has 0 heterocycles. The van der Waals surface area contributed by atoms with E-state index in [-0.39, 0.29) is 0 Å². The van der Waals surface area contributed by atoms with E-state index in [9.17, 15) is 0 Å². The van der Waals surface area contributed by atoms with Crippen LogP contribution in [0.3, 0.4) is 0 Å². The largest absolute Gasteiger partial charge is 0.494 e. The van der Waals surface area contributed by atoms with Crippen molar-refractivity contribution in [2.75, 3.05) is 11.9 Å². The Bertz CT molecular complexity index is 479. The van der Waals surface area contributed by atoms with Crippen LogP contribution in [0, 0.1) is 0 Å². The van der Waals surface area contributed by atoms with Crippen molar-refractivity contribution in [3.8, 4) is 5.75 Å².